The first kappa shape index (κ1) is 20.9. The highest BCUT2D eigenvalue weighted by molar-refractivity contribution is 5.79. The number of carbonyl (C=O) groups is 1. The standard InChI is InChI=1S/C26H29N3O2/c1-26(2,3)29-17-19(16-28-29)10-8-9-15-27-25(30)31-18-24-22-13-6-4-11-20(22)21-12-5-7-14-23(21)24/h4-8,10-14,16-17,24H,9,15,18H2,1-3H3,(H,27,30). The largest absolute Gasteiger partial charge is 0.449 e. The summed E-state index contributed by atoms with van der Waals surface area (Å²) in [7, 11) is 0. The average Bonchev–Trinajstić information content (AvgIpc) is 3.35. The maximum Gasteiger partial charge on any atom is 0.407 e. The van der Waals surface area contributed by atoms with Crippen molar-refractivity contribution >= 4 is 12.2 Å². The molecule has 1 amide bonds. The number of fused-ring (bicyclic) bond motifs is 3. The summed E-state index contributed by atoms with van der Waals surface area (Å²) in [5.41, 5.74) is 5.91. The van der Waals surface area contributed by atoms with Crippen LogP contribution < -0.4 is 5.32 Å². The van der Waals surface area contributed by atoms with E-state index in [1.807, 2.05) is 53.5 Å². The molecule has 31 heavy (non-hydrogen) atoms. The lowest BCUT2D eigenvalue weighted by atomic mass is 9.98. The molecule has 0 unspecified atom stereocenters. The van der Waals surface area contributed by atoms with E-state index in [2.05, 4.69) is 55.5 Å². The van der Waals surface area contributed by atoms with Crippen molar-refractivity contribution in [2.75, 3.05) is 13.2 Å². The fraction of sp³-hybridized carbons (Fsp3) is 0.308. The van der Waals surface area contributed by atoms with Crippen LogP contribution in [0.25, 0.3) is 17.2 Å². The van der Waals surface area contributed by atoms with Gasteiger partial charge in [0.15, 0.2) is 0 Å². The van der Waals surface area contributed by atoms with E-state index in [-0.39, 0.29) is 17.6 Å². The Morgan fingerprint density at radius 2 is 1.74 bits per heavy atom. The van der Waals surface area contributed by atoms with Gasteiger partial charge < -0.3 is 10.1 Å². The topological polar surface area (TPSA) is 56.2 Å². The van der Waals surface area contributed by atoms with Crippen molar-refractivity contribution in [2.24, 2.45) is 0 Å². The summed E-state index contributed by atoms with van der Waals surface area (Å²) >= 11 is 0. The zero-order valence-corrected chi connectivity index (χ0v) is 18.3. The molecule has 0 aliphatic heterocycles. The molecule has 5 nitrogen and oxygen atoms in total. The van der Waals surface area contributed by atoms with E-state index in [0.717, 1.165) is 12.0 Å². The Morgan fingerprint density at radius 3 is 2.35 bits per heavy atom. The van der Waals surface area contributed by atoms with Crippen LogP contribution in [0.2, 0.25) is 0 Å². The SMILES string of the molecule is CC(C)(C)n1cc(C=CCCNC(=O)OCC2c3ccccc3-c3ccccc32)cn1. The molecule has 0 saturated carbocycles. The van der Waals surface area contributed by atoms with Gasteiger partial charge in [-0.15, -0.1) is 0 Å². The average molecular weight is 416 g/mol. The van der Waals surface area contributed by atoms with Gasteiger partial charge in [-0.1, -0.05) is 60.7 Å². The molecule has 160 valence electrons. The van der Waals surface area contributed by atoms with Gasteiger partial charge in [0.1, 0.15) is 6.61 Å². The first-order valence-corrected chi connectivity index (χ1v) is 10.7. The van der Waals surface area contributed by atoms with E-state index in [1.165, 1.54) is 22.3 Å². The molecule has 1 aliphatic carbocycles. The minimum atomic E-state index is -0.379. The van der Waals surface area contributed by atoms with Crippen molar-refractivity contribution in [1.29, 1.82) is 0 Å². The van der Waals surface area contributed by atoms with E-state index < -0.39 is 0 Å². The Kier molecular flexibility index (Phi) is 5.94. The van der Waals surface area contributed by atoms with Gasteiger partial charge in [0.25, 0.3) is 0 Å². The lowest BCUT2D eigenvalue weighted by Gasteiger charge is -2.18. The number of rotatable bonds is 6. The van der Waals surface area contributed by atoms with Crippen LogP contribution in [-0.2, 0) is 10.3 Å². The molecule has 0 radical (unpaired) electrons. The predicted molar refractivity (Wildman–Crippen MR) is 124 cm³/mol. The number of amides is 1. The molecule has 4 rings (SSSR count). The van der Waals surface area contributed by atoms with Crippen molar-refractivity contribution in [3.8, 4) is 11.1 Å². The summed E-state index contributed by atoms with van der Waals surface area (Å²) in [6.45, 7) is 7.21. The van der Waals surface area contributed by atoms with E-state index in [4.69, 9.17) is 4.74 Å². The quantitative estimate of drug-likeness (QED) is 0.535. The third-order valence-corrected chi connectivity index (χ3v) is 5.52. The molecule has 0 spiro atoms. The molecular weight excluding hydrogens is 386 g/mol. The second kappa shape index (κ2) is 8.80. The number of hydrogen-bond donors (Lipinski definition) is 1. The van der Waals surface area contributed by atoms with Crippen LogP contribution in [0.1, 0.15) is 49.8 Å². The van der Waals surface area contributed by atoms with Crippen LogP contribution in [0.5, 0.6) is 0 Å². The van der Waals surface area contributed by atoms with Crippen molar-refractivity contribution in [3.05, 3.63) is 83.7 Å². The highest BCUT2D eigenvalue weighted by Crippen LogP contribution is 2.44. The predicted octanol–water partition coefficient (Wildman–Crippen LogP) is 5.58. The molecule has 1 aromatic heterocycles. The van der Waals surface area contributed by atoms with Crippen molar-refractivity contribution in [1.82, 2.24) is 15.1 Å². The number of hydrogen-bond acceptors (Lipinski definition) is 3. The third-order valence-electron chi connectivity index (χ3n) is 5.52. The Morgan fingerprint density at radius 1 is 1.10 bits per heavy atom. The summed E-state index contributed by atoms with van der Waals surface area (Å²) in [5.74, 6) is 0.0809. The lowest BCUT2D eigenvalue weighted by Crippen LogP contribution is -2.26. The molecule has 2 aromatic carbocycles. The number of alkyl carbamates (subject to hydrolysis) is 1. The Bertz CT molecular complexity index is 1050. The minimum Gasteiger partial charge on any atom is -0.449 e. The van der Waals surface area contributed by atoms with Crippen LogP contribution >= 0.6 is 0 Å². The minimum absolute atomic E-state index is 0.0300. The fourth-order valence-electron chi connectivity index (χ4n) is 3.92. The number of carbonyl (C=O) groups excluding carboxylic acids is 1. The van der Waals surface area contributed by atoms with E-state index in [1.54, 1.807) is 0 Å². The summed E-state index contributed by atoms with van der Waals surface area (Å²) in [6.07, 6.45) is 8.28. The zero-order chi connectivity index (χ0) is 21.8. The van der Waals surface area contributed by atoms with Crippen molar-refractivity contribution in [3.63, 3.8) is 0 Å². The van der Waals surface area contributed by atoms with Gasteiger partial charge in [0.05, 0.1) is 11.7 Å². The van der Waals surface area contributed by atoms with Crippen molar-refractivity contribution in [2.45, 2.75) is 38.6 Å². The lowest BCUT2D eigenvalue weighted by molar-refractivity contribution is 0.143. The Balaban J connectivity index is 1.25. The van der Waals surface area contributed by atoms with Crippen molar-refractivity contribution < 1.29 is 9.53 Å². The van der Waals surface area contributed by atoms with E-state index in [0.29, 0.717) is 13.2 Å². The third kappa shape index (κ3) is 4.71. The molecule has 0 atom stereocenters. The number of nitrogens with one attached hydrogen (secondary N) is 1. The van der Waals surface area contributed by atoms with Crippen LogP contribution in [0.4, 0.5) is 4.79 Å². The van der Waals surface area contributed by atoms with Crippen LogP contribution in [0, 0.1) is 0 Å². The summed E-state index contributed by atoms with van der Waals surface area (Å²) < 4.78 is 7.50. The summed E-state index contributed by atoms with van der Waals surface area (Å²) in [6, 6.07) is 16.7. The van der Waals surface area contributed by atoms with Gasteiger partial charge in [0, 0.05) is 24.2 Å². The second-order valence-electron chi connectivity index (χ2n) is 8.83. The van der Waals surface area contributed by atoms with Crippen LogP contribution in [0.15, 0.2) is 67.0 Å². The number of aromatic nitrogens is 2. The van der Waals surface area contributed by atoms with E-state index >= 15 is 0 Å². The Labute approximate surface area is 183 Å². The van der Waals surface area contributed by atoms with E-state index in [9.17, 15) is 4.79 Å². The van der Waals surface area contributed by atoms with Gasteiger partial charge >= 0.3 is 6.09 Å². The van der Waals surface area contributed by atoms with Crippen LogP contribution in [-0.4, -0.2) is 29.0 Å². The molecule has 3 aromatic rings. The van der Waals surface area contributed by atoms with Gasteiger partial charge in [-0.2, -0.15) is 5.10 Å². The van der Waals surface area contributed by atoms with Gasteiger partial charge in [-0.25, -0.2) is 4.79 Å². The Hall–Kier alpha value is -3.34. The molecule has 1 N–H and O–H groups in total. The molecule has 0 bridgehead atoms. The smallest absolute Gasteiger partial charge is 0.407 e. The highest BCUT2D eigenvalue weighted by Gasteiger charge is 2.28. The van der Waals surface area contributed by atoms with Gasteiger partial charge in [0.2, 0.25) is 0 Å². The number of benzene rings is 2. The number of ether oxygens (including phenoxy) is 1. The fourth-order valence-corrected chi connectivity index (χ4v) is 3.92. The maximum absolute atomic E-state index is 12.2. The molecule has 0 saturated heterocycles. The summed E-state index contributed by atoms with van der Waals surface area (Å²) in [4.78, 5) is 12.2. The second-order valence-corrected chi connectivity index (χ2v) is 8.83. The molecular formula is C26H29N3O2. The highest BCUT2D eigenvalue weighted by atomic mass is 16.5. The number of nitrogens with zero attached hydrogens (tertiary/aromatic N) is 2. The molecule has 5 heteroatoms. The molecule has 1 aliphatic rings. The molecule has 1 heterocycles. The van der Waals surface area contributed by atoms with Gasteiger partial charge in [-0.3, -0.25) is 4.68 Å². The first-order chi connectivity index (χ1) is 14.9. The normalized spacial score (nSPS) is 13.3. The maximum atomic E-state index is 12.2. The van der Waals surface area contributed by atoms with Gasteiger partial charge in [-0.05, 0) is 49.4 Å². The zero-order valence-electron chi connectivity index (χ0n) is 18.3. The van der Waals surface area contributed by atoms with Crippen LogP contribution in [0.3, 0.4) is 0 Å². The summed E-state index contributed by atoms with van der Waals surface area (Å²) in [5, 5.41) is 7.22. The first-order valence-electron chi connectivity index (χ1n) is 10.7. The molecule has 0 fully saturated rings. The monoisotopic (exact) mass is 415 g/mol.